The maximum Gasteiger partial charge on any atom is 0.314 e. The van der Waals surface area contributed by atoms with Crippen LogP contribution in [0.1, 0.15) is 19.3 Å². The molecule has 11 heavy (non-hydrogen) atoms. The SMILES string of the molecule is O=C1CCCC(C(=O)O)C1=O. The maximum absolute atomic E-state index is 10.8. The highest BCUT2D eigenvalue weighted by molar-refractivity contribution is 6.41. The highest BCUT2D eigenvalue weighted by atomic mass is 16.4. The minimum atomic E-state index is -1.18. The van der Waals surface area contributed by atoms with Crippen molar-refractivity contribution < 1.29 is 19.5 Å². The maximum atomic E-state index is 10.8. The molecule has 0 saturated heterocycles. The monoisotopic (exact) mass is 156 g/mol. The van der Waals surface area contributed by atoms with Crippen molar-refractivity contribution in [3.8, 4) is 0 Å². The number of hydrogen-bond donors (Lipinski definition) is 1. The van der Waals surface area contributed by atoms with Gasteiger partial charge < -0.3 is 5.11 Å². The van der Waals surface area contributed by atoms with E-state index in [-0.39, 0.29) is 6.42 Å². The van der Waals surface area contributed by atoms with E-state index in [9.17, 15) is 14.4 Å². The fraction of sp³-hybridized carbons (Fsp3) is 0.571. The van der Waals surface area contributed by atoms with Gasteiger partial charge in [-0.25, -0.2) is 0 Å². The van der Waals surface area contributed by atoms with Crippen LogP contribution in [0.2, 0.25) is 0 Å². The molecule has 1 atom stereocenters. The molecular weight excluding hydrogens is 148 g/mol. The third-order valence-electron chi connectivity index (χ3n) is 1.79. The fourth-order valence-electron chi connectivity index (χ4n) is 1.15. The third kappa shape index (κ3) is 1.45. The topological polar surface area (TPSA) is 71.4 Å². The van der Waals surface area contributed by atoms with Crippen LogP contribution in [0.15, 0.2) is 0 Å². The van der Waals surface area contributed by atoms with E-state index in [2.05, 4.69) is 0 Å². The second kappa shape index (κ2) is 2.82. The van der Waals surface area contributed by atoms with Crippen LogP contribution in [0.4, 0.5) is 0 Å². The van der Waals surface area contributed by atoms with Crippen molar-refractivity contribution in [2.24, 2.45) is 5.92 Å². The van der Waals surface area contributed by atoms with Crippen LogP contribution in [0.3, 0.4) is 0 Å². The molecule has 0 amide bonds. The Kier molecular flexibility index (Phi) is 2.03. The zero-order valence-corrected chi connectivity index (χ0v) is 5.87. The van der Waals surface area contributed by atoms with Crippen LogP contribution in [-0.2, 0) is 14.4 Å². The summed E-state index contributed by atoms with van der Waals surface area (Å²) in [6.45, 7) is 0. The van der Waals surface area contributed by atoms with Crippen molar-refractivity contribution in [1.82, 2.24) is 0 Å². The molecule has 1 aliphatic carbocycles. The van der Waals surface area contributed by atoms with Gasteiger partial charge in [-0.05, 0) is 12.8 Å². The first-order valence-electron chi connectivity index (χ1n) is 3.43. The van der Waals surface area contributed by atoms with Gasteiger partial charge >= 0.3 is 5.97 Å². The van der Waals surface area contributed by atoms with E-state index in [1.165, 1.54) is 0 Å². The van der Waals surface area contributed by atoms with E-state index in [4.69, 9.17) is 5.11 Å². The lowest BCUT2D eigenvalue weighted by atomic mass is 9.87. The van der Waals surface area contributed by atoms with Crippen molar-refractivity contribution in [2.75, 3.05) is 0 Å². The van der Waals surface area contributed by atoms with Crippen molar-refractivity contribution in [3.05, 3.63) is 0 Å². The van der Waals surface area contributed by atoms with Crippen LogP contribution in [0.5, 0.6) is 0 Å². The van der Waals surface area contributed by atoms with Crippen molar-refractivity contribution in [3.63, 3.8) is 0 Å². The highest BCUT2D eigenvalue weighted by Gasteiger charge is 2.34. The van der Waals surface area contributed by atoms with Crippen LogP contribution >= 0.6 is 0 Å². The first kappa shape index (κ1) is 7.91. The standard InChI is InChI=1S/C7H8O4/c8-5-3-1-2-4(6(5)9)7(10)11/h4H,1-3H2,(H,10,11). The summed E-state index contributed by atoms with van der Waals surface area (Å²) in [4.78, 5) is 31.9. The zero-order chi connectivity index (χ0) is 8.43. The molecule has 1 unspecified atom stereocenters. The molecule has 1 saturated carbocycles. The van der Waals surface area contributed by atoms with E-state index in [1.807, 2.05) is 0 Å². The summed E-state index contributed by atoms with van der Waals surface area (Å²) in [5.74, 6) is -3.52. The molecule has 0 aromatic carbocycles. The quantitative estimate of drug-likeness (QED) is 0.428. The van der Waals surface area contributed by atoms with Gasteiger partial charge in [0.15, 0.2) is 5.78 Å². The van der Waals surface area contributed by atoms with E-state index in [0.717, 1.165) is 0 Å². The van der Waals surface area contributed by atoms with Gasteiger partial charge in [-0.3, -0.25) is 14.4 Å². The first-order chi connectivity index (χ1) is 5.13. The second-order valence-corrected chi connectivity index (χ2v) is 2.57. The number of carboxylic acid groups (broad SMARTS) is 1. The molecule has 1 fully saturated rings. The molecule has 4 heteroatoms. The summed E-state index contributed by atoms with van der Waals surface area (Å²) in [6.07, 6.45) is 1.03. The molecule has 0 aromatic heterocycles. The van der Waals surface area contributed by atoms with Crippen LogP contribution in [0, 0.1) is 5.92 Å². The molecule has 4 nitrogen and oxygen atoms in total. The molecule has 0 aromatic rings. The number of rotatable bonds is 1. The van der Waals surface area contributed by atoms with Crippen LogP contribution < -0.4 is 0 Å². The number of Topliss-reactive ketones (excluding diaryl/α,β-unsaturated/α-hetero) is 2. The largest absolute Gasteiger partial charge is 0.481 e. The van der Waals surface area contributed by atoms with E-state index < -0.39 is 23.5 Å². The smallest absolute Gasteiger partial charge is 0.314 e. The zero-order valence-electron chi connectivity index (χ0n) is 5.87. The molecule has 1 N–H and O–H groups in total. The lowest BCUT2D eigenvalue weighted by molar-refractivity contribution is -0.152. The Morgan fingerprint density at radius 2 is 2.09 bits per heavy atom. The predicted octanol–water partition coefficient (Wildman–Crippen LogP) is 0.00930. The van der Waals surface area contributed by atoms with Crippen LogP contribution in [0.25, 0.3) is 0 Å². The molecular formula is C7H8O4. The van der Waals surface area contributed by atoms with Crippen molar-refractivity contribution >= 4 is 17.5 Å². The lowest BCUT2D eigenvalue weighted by Gasteiger charge is -2.14. The fourth-order valence-corrected chi connectivity index (χ4v) is 1.15. The first-order valence-corrected chi connectivity index (χ1v) is 3.43. The number of carbonyl (C=O) groups is 3. The average Bonchev–Trinajstić information content (AvgIpc) is 1.94. The number of aliphatic carboxylic acids is 1. The predicted molar refractivity (Wildman–Crippen MR) is 35.0 cm³/mol. The number of carbonyl (C=O) groups excluding carboxylic acids is 2. The summed E-state index contributed by atoms with van der Waals surface area (Å²) in [5, 5.41) is 8.45. The van der Waals surface area contributed by atoms with E-state index >= 15 is 0 Å². The Hall–Kier alpha value is -1.19. The minimum Gasteiger partial charge on any atom is -0.481 e. The molecule has 0 spiro atoms. The molecule has 60 valence electrons. The normalized spacial score (nSPS) is 25.3. The Labute approximate surface area is 63.2 Å². The summed E-state index contributed by atoms with van der Waals surface area (Å²) >= 11 is 0. The second-order valence-electron chi connectivity index (χ2n) is 2.57. The average molecular weight is 156 g/mol. The van der Waals surface area contributed by atoms with Crippen molar-refractivity contribution in [1.29, 1.82) is 0 Å². The van der Waals surface area contributed by atoms with Gasteiger partial charge in [0.05, 0.1) is 0 Å². The minimum absolute atomic E-state index is 0.211. The molecule has 1 rings (SSSR count). The van der Waals surface area contributed by atoms with Gasteiger partial charge in [0, 0.05) is 6.42 Å². The highest BCUT2D eigenvalue weighted by Crippen LogP contribution is 2.17. The number of carboxylic acids is 1. The Balaban J connectivity index is 2.74. The molecule has 1 aliphatic rings. The van der Waals surface area contributed by atoms with Gasteiger partial charge in [0.1, 0.15) is 5.92 Å². The Morgan fingerprint density at radius 1 is 1.45 bits per heavy atom. The van der Waals surface area contributed by atoms with E-state index in [0.29, 0.717) is 12.8 Å². The van der Waals surface area contributed by atoms with Gasteiger partial charge in [-0.2, -0.15) is 0 Å². The van der Waals surface area contributed by atoms with Crippen molar-refractivity contribution in [2.45, 2.75) is 19.3 Å². The molecule has 0 radical (unpaired) electrons. The Bertz CT molecular complexity index is 218. The third-order valence-corrected chi connectivity index (χ3v) is 1.79. The summed E-state index contributed by atoms with van der Waals surface area (Å²) in [5.41, 5.74) is 0. The van der Waals surface area contributed by atoms with Gasteiger partial charge in [0.25, 0.3) is 0 Å². The Morgan fingerprint density at radius 3 is 2.55 bits per heavy atom. The van der Waals surface area contributed by atoms with E-state index in [1.54, 1.807) is 0 Å². The number of ketones is 2. The molecule has 0 aliphatic heterocycles. The lowest BCUT2D eigenvalue weighted by Crippen LogP contribution is -2.33. The number of hydrogen-bond acceptors (Lipinski definition) is 3. The van der Waals surface area contributed by atoms with Gasteiger partial charge in [0.2, 0.25) is 5.78 Å². The summed E-state index contributed by atoms with van der Waals surface area (Å²) in [6, 6.07) is 0. The summed E-state index contributed by atoms with van der Waals surface area (Å²) < 4.78 is 0. The van der Waals surface area contributed by atoms with Gasteiger partial charge in [-0.1, -0.05) is 0 Å². The molecule has 0 heterocycles. The molecule has 0 bridgehead atoms. The summed E-state index contributed by atoms with van der Waals surface area (Å²) in [7, 11) is 0. The van der Waals surface area contributed by atoms with Crippen LogP contribution in [-0.4, -0.2) is 22.6 Å². The van der Waals surface area contributed by atoms with Gasteiger partial charge in [-0.15, -0.1) is 0 Å².